The molecule has 29 heavy (non-hydrogen) atoms. The van der Waals surface area contributed by atoms with Crippen molar-refractivity contribution < 1.29 is 27.5 Å². The molecule has 152 valence electrons. The standard InChI is InChI=1S/C19H19N3O6S/c1-20-19(25)21-17(23)13-28-18(24)15-7-9-16(10-8-15)22-29(26,27)12-11-14-5-3-2-4-6-14/h2-12,22H,13H2,1H3,(H2,20,21,23,25)/b12-11+. The SMILES string of the molecule is CNC(=O)NC(=O)COC(=O)c1ccc(NS(=O)(=O)/C=C/c2ccccc2)cc1. The average Bonchev–Trinajstić information content (AvgIpc) is 2.71. The van der Waals surface area contributed by atoms with E-state index in [9.17, 15) is 22.8 Å². The van der Waals surface area contributed by atoms with E-state index in [0.717, 1.165) is 11.0 Å². The van der Waals surface area contributed by atoms with Crippen LogP contribution in [-0.2, 0) is 19.6 Å². The Morgan fingerprint density at radius 3 is 2.28 bits per heavy atom. The summed E-state index contributed by atoms with van der Waals surface area (Å²) in [5.41, 5.74) is 1.09. The lowest BCUT2D eigenvalue weighted by molar-refractivity contribution is -0.123. The summed E-state index contributed by atoms with van der Waals surface area (Å²) >= 11 is 0. The molecule has 0 heterocycles. The molecule has 2 aromatic carbocycles. The van der Waals surface area contributed by atoms with Crippen LogP contribution in [-0.4, -0.2) is 40.0 Å². The van der Waals surface area contributed by atoms with Crippen LogP contribution in [0.1, 0.15) is 15.9 Å². The van der Waals surface area contributed by atoms with Crippen LogP contribution in [0.4, 0.5) is 10.5 Å². The number of ether oxygens (including phenoxy) is 1. The molecule has 10 heteroatoms. The van der Waals surface area contributed by atoms with E-state index in [1.165, 1.54) is 37.4 Å². The highest BCUT2D eigenvalue weighted by molar-refractivity contribution is 7.95. The minimum Gasteiger partial charge on any atom is -0.452 e. The van der Waals surface area contributed by atoms with Crippen molar-refractivity contribution in [1.29, 1.82) is 0 Å². The van der Waals surface area contributed by atoms with Gasteiger partial charge in [-0.05, 0) is 35.9 Å². The fourth-order valence-electron chi connectivity index (χ4n) is 2.04. The van der Waals surface area contributed by atoms with E-state index in [1.807, 2.05) is 11.4 Å². The molecule has 0 fully saturated rings. The molecule has 0 aliphatic rings. The number of hydrogen-bond donors (Lipinski definition) is 3. The first-order chi connectivity index (χ1) is 13.8. The number of imide groups is 1. The van der Waals surface area contributed by atoms with Gasteiger partial charge in [-0.15, -0.1) is 0 Å². The molecule has 3 N–H and O–H groups in total. The van der Waals surface area contributed by atoms with E-state index >= 15 is 0 Å². The van der Waals surface area contributed by atoms with Gasteiger partial charge >= 0.3 is 12.0 Å². The maximum Gasteiger partial charge on any atom is 0.338 e. The molecule has 0 saturated carbocycles. The molecule has 3 amide bonds. The Hall–Kier alpha value is -3.66. The van der Waals surface area contributed by atoms with Gasteiger partial charge in [-0.2, -0.15) is 0 Å². The minimum absolute atomic E-state index is 0.112. The summed E-state index contributed by atoms with van der Waals surface area (Å²) in [6.45, 7) is -0.634. The molecule has 2 aromatic rings. The molecule has 0 spiro atoms. The Kier molecular flexibility index (Phi) is 7.49. The van der Waals surface area contributed by atoms with Gasteiger partial charge in [0.2, 0.25) is 0 Å². The summed E-state index contributed by atoms with van der Waals surface area (Å²) < 4.78 is 31.4. The van der Waals surface area contributed by atoms with Crippen molar-refractivity contribution in [2.24, 2.45) is 0 Å². The quantitative estimate of drug-likeness (QED) is 0.588. The highest BCUT2D eigenvalue weighted by atomic mass is 32.2. The van der Waals surface area contributed by atoms with Crippen LogP contribution in [0.3, 0.4) is 0 Å². The highest BCUT2D eigenvalue weighted by Crippen LogP contribution is 2.13. The smallest absolute Gasteiger partial charge is 0.338 e. The van der Waals surface area contributed by atoms with Gasteiger partial charge in [0, 0.05) is 12.7 Å². The lowest BCUT2D eigenvalue weighted by Gasteiger charge is -2.07. The van der Waals surface area contributed by atoms with Crippen molar-refractivity contribution in [2.45, 2.75) is 0 Å². The summed E-state index contributed by atoms with van der Waals surface area (Å²) in [6, 6.07) is 13.7. The fourth-order valence-corrected chi connectivity index (χ4v) is 2.91. The molecule has 2 rings (SSSR count). The van der Waals surface area contributed by atoms with E-state index in [2.05, 4.69) is 10.0 Å². The highest BCUT2D eigenvalue weighted by Gasteiger charge is 2.12. The van der Waals surface area contributed by atoms with Gasteiger partial charge in [-0.3, -0.25) is 14.8 Å². The fraction of sp³-hybridized carbons (Fsp3) is 0.105. The summed E-state index contributed by atoms with van der Waals surface area (Å²) in [5, 5.41) is 5.17. The molecule has 0 bridgehead atoms. The Labute approximate surface area is 167 Å². The zero-order valence-corrected chi connectivity index (χ0v) is 16.2. The van der Waals surface area contributed by atoms with Crippen LogP contribution in [0, 0.1) is 0 Å². The molecule has 0 aliphatic heterocycles. The van der Waals surface area contributed by atoms with E-state index in [1.54, 1.807) is 24.3 Å². The number of nitrogens with one attached hydrogen (secondary N) is 3. The van der Waals surface area contributed by atoms with Crippen molar-refractivity contribution in [1.82, 2.24) is 10.6 Å². The van der Waals surface area contributed by atoms with E-state index in [0.29, 0.717) is 0 Å². The number of carbonyl (C=O) groups excluding carboxylic acids is 3. The summed E-state index contributed by atoms with van der Waals surface area (Å²) in [5.74, 6) is -1.58. The molecular formula is C19H19N3O6S. The summed E-state index contributed by atoms with van der Waals surface area (Å²) in [7, 11) is -2.40. The van der Waals surface area contributed by atoms with Crippen LogP contribution in [0.25, 0.3) is 6.08 Å². The lowest BCUT2D eigenvalue weighted by Crippen LogP contribution is -2.39. The zero-order chi connectivity index (χ0) is 21.3. The van der Waals surface area contributed by atoms with E-state index in [4.69, 9.17) is 4.74 Å². The molecule has 0 saturated heterocycles. The molecular weight excluding hydrogens is 398 g/mol. The van der Waals surface area contributed by atoms with Crippen molar-refractivity contribution in [3.05, 3.63) is 71.1 Å². The largest absolute Gasteiger partial charge is 0.452 e. The van der Waals surface area contributed by atoms with Crippen molar-refractivity contribution >= 4 is 39.7 Å². The molecule has 0 radical (unpaired) electrons. The van der Waals surface area contributed by atoms with Gasteiger partial charge in [0.1, 0.15) is 0 Å². The zero-order valence-electron chi connectivity index (χ0n) is 15.4. The number of benzene rings is 2. The van der Waals surface area contributed by atoms with Crippen molar-refractivity contribution in [3.8, 4) is 0 Å². The van der Waals surface area contributed by atoms with Crippen LogP contribution in [0.5, 0.6) is 0 Å². The number of sulfonamides is 1. The Balaban J connectivity index is 1.92. The van der Waals surface area contributed by atoms with Crippen molar-refractivity contribution in [3.63, 3.8) is 0 Å². The van der Waals surface area contributed by atoms with Gasteiger partial charge in [-0.25, -0.2) is 18.0 Å². The first-order valence-corrected chi connectivity index (χ1v) is 9.88. The monoisotopic (exact) mass is 417 g/mol. The number of esters is 1. The van der Waals surface area contributed by atoms with Crippen LogP contribution in [0.15, 0.2) is 60.0 Å². The third kappa shape index (κ3) is 7.46. The molecule has 0 aromatic heterocycles. The predicted molar refractivity (Wildman–Crippen MR) is 107 cm³/mol. The van der Waals surface area contributed by atoms with Crippen LogP contribution < -0.4 is 15.4 Å². The number of rotatable bonds is 7. The second-order valence-corrected chi connectivity index (χ2v) is 7.21. The van der Waals surface area contributed by atoms with Crippen LogP contribution >= 0.6 is 0 Å². The maximum absolute atomic E-state index is 12.1. The first kappa shape index (κ1) is 21.6. The maximum atomic E-state index is 12.1. The third-order valence-electron chi connectivity index (χ3n) is 3.43. The third-order valence-corrected chi connectivity index (χ3v) is 4.45. The number of carbonyl (C=O) groups is 3. The second kappa shape index (κ2) is 10.0. The Morgan fingerprint density at radius 1 is 1.00 bits per heavy atom. The van der Waals surface area contributed by atoms with Gasteiger partial charge in [0.15, 0.2) is 6.61 Å². The number of anilines is 1. The van der Waals surface area contributed by atoms with Gasteiger partial charge in [0.05, 0.1) is 11.0 Å². The lowest BCUT2D eigenvalue weighted by atomic mass is 10.2. The van der Waals surface area contributed by atoms with Gasteiger partial charge in [0.25, 0.3) is 15.9 Å². The first-order valence-electron chi connectivity index (χ1n) is 8.34. The van der Waals surface area contributed by atoms with E-state index in [-0.39, 0.29) is 11.3 Å². The normalized spacial score (nSPS) is 10.9. The number of urea groups is 1. The van der Waals surface area contributed by atoms with Gasteiger partial charge < -0.3 is 10.1 Å². The van der Waals surface area contributed by atoms with Crippen molar-refractivity contribution in [2.75, 3.05) is 18.4 Å². The topological polar surface area (TPSA) is 131 Å². The molecule has 0 atom stereocenters. The Morgan fingerprint density at radius 2 is 1.66 bits per heavy atom. The van der Waals surface area contributed by atoms with E-state index < -0.39 is 34.5 Å². The summed E-state index contributed by atoms with van der Waals surface area (Å²) in [4.78, 5) is 34.3. The molecule has 0 unspecified atom stereocenters. The minimum atomic E-state index is -3.74. The predicted octanol–water partition coefficient (Wildman–Crippen LogP) is 1.71. The number of amides is 3. The van der Waals surface area contributed by atoms with Gasteiger partial charge in [-0.1, -0.05) is 30.3 Å². The Bertz CT molecular complexity index is 1000. The summed E-state index contributed by atoms with van der Waals surface area (Å²) in [6.07, 6.45) is 1.46. The van der Waals surface area contributed by atoms with Crippen LogP contribution in [0.2, 0.25) is 0 Å². The second-order valence-electron chi connectivity index (χ2n) is 5.64. The molecule has 9 nitrogen and oxygen atoms in total. The average molecular weight is 417 g/mol. The molecule has 0 aliphatic carbocycles. The number of hydrogen-bond acceptors (Lipinski definition) is 6.